The van der Waals surface area contributed by atoms with Crippen LogP contribution in [0.5, 0.6) is 0 Å². The largest absolute Gasteiger partial charge is 0.463 e. The molecule has 120 valence electrons. The third-order valence-corrected chi connectivity index (χ3v) is 2.42. The number of hydrogen-bond donors (Lipinski definition) is 1. The van der Waals surface area contributed by atoms with Crippen molar-refractivity contribution in [3.63, 3.8) is 0 Å². The molecular weight excluding hydrogens is 276 g/mol. The highest BCUT2D eigenvalue weighted by atomic mass is 16.5. The van der Waals surface area contributed by atoms with Gasteiger partial charge in [0.1, 0.15) is 19.3 Å². The van der Waals surface area contributed by atoms with E-state index in [2.05, 4.69) is 11.9 Å². The SMILES string of the molecule is C=C(C)C(=O)OCCC(=O)NC(C)C(=O)OCCN(C)C. The summed E-state index contributed by atoms with van der Waals surface area (Å²) in [6.07, 6.45) is -0.0195. The molecule has 1 amide bonds. The predicted molar refractivity (Wildman–Crippen MR) is 77.5 cm³/mol. The van der Waals surface area contributed by atoms with Gasteiger partial charge in [-0.3, -0.25) is 4.79 Å². The van der Waals surface area contributed by atoms with E-state index in [0.29, 0.717) is 6.54 Å². The fraction of sp³-hybridized carbons (Fsp3) is 0.643. The van der Waals surface area contributed by atoms with Gasteiger partial charge in [0.05, 0.1) is 6.42 Å². The molecule has 1 unspecified atom stereocenters. The molecule has 0 saturated carbocycles. The van der Waals surface area contributed by atoms with E-state index in [4.69, 9.17) is 9.47 Å². The Morgan fingerprint density at radius 1 is 1.19 bits per heavy atom. The molecule has 1 N–H and O–H groups in total. The number of ether oxygens (including phenoxy) is 2. The summed E-state index contributed by atoms with van der Waals surface area (Å²) >= 11 is 0. The van der Waals surface area contributed by atoms with Crippen molar-refractivity contribution in [1.82, 2.24) is 10.2 Å². The first-order valence-electron chi connectivity index (χ1n) is 6.67. The molecule has 0 bridgehead atoms. The van der Waals surface area contributed by atoms with E-state index < -0.39 is 18.0 Å². The molecule has 0 aromatic heterocycles. The van der Waals surface area contributed by atoms with Crippen LogP contribution in [0.3, 0.4) is 0 Å². The Labute approximate surface area is 125 Å². The van der Waals surface area contributed by atoms with Crippen LogP contribution in [0.2, 0.25) is 0 Å². The number of nitrogens with zero attached hydrogens (tertiary/aromatic N) is 1. The minimum atomic E-state index is -0.739. The van der Waals surface area contributed by atoms with E-state index in [-0.39, 0.29) is 31.1 Å². The van der Waals surface area contributed by atoms with Crippen molar-refractivity contribution in [1.29, 1.82) is 0 Å². The second-order valence-electron chi connectivity index (χ2n) is 4.93. The average molecular weight is 300 g/mol. The number of hydrogen-bond acceptors (Lipinski definition) is 6. The van der Waals surface area contributed by atoms with Gasteiger partial charge in [-0.2, -0.15) is 0 Å². The lowest BCUT2D eigenvalue weighted by Crippen LogP contribution is -2.40. The summed E-state index contributed by atoms with van der Waals surface area (Å²) in [5.41, 5.74) is 0.272. The number of carbonyl (C=O) groups excluding carboxylic acids is 3. The van der Waals surface area contributed by atoms with Gasteiger partial charge in [0.2, 0.25) is 5.91 Å². The number of esters is 2. The zero-order valence-corrected chi connectivity index (χ0v) is 13.1. The van der Waals surface area contributed by atoms with Crippen LogP contribution < -0.4 is 5.32 Å². The second kappa shape index (κ2) is 9.93. The van der Waals surface area contributed by atoms with Gasteiger partial charge in [0.25, 0.3) is 0 Å². The lowest BCUT2D eigenvalue weighted by molar-refractivity contribution is -0.148. The zero-order valence-electron chi connectivity index (χ0n) is 13.1. The number of amides is 1. The molecule has 7 nitrogen and oxygen atoms in total. The topological polar surface area (TPSA) is 84.9 Å². The van der Waals surface area contributed by atoms with E-state index in [0.717, 1.165) is 0 Å². The first kappa shape index (κ1) is 19.1. The number of rotatable bonds is 9. The smallest absolute Gasteiger partial charge is 0.333 e. The summed E-state index contributed by atoms with van der Waals surface area (Å²) in [6.45, 7) is 7.31. The lowest BCUT2D eigenvalue weighted by Gasteiger charge is -2.15. The van der Waals surface area contributed by atoms with E-state index in [9.17, 15) is 14.4 Å². The minimum Gasteiger partial charge on any atom is -0.463 e. The summed E-state index contributed by atoms with van der Waals surface area (Å²) in [5.74, 6) is -1.43. The quantitative estimate of drug-likeness (QED) is 0.480. The molecule has 0 rings (SSSR count). The molecule has 0 radical (unpaired) electrons. The molecule has 0 aromatic carbocycles. The third-order valence-electron chi connectivity index (χ3n) is 2.42. The fourth-order valence-electron chi connectivity index (χ4n) is 1.19. The molecule has 0 heterocycles. The Hall–Kier alpha value is -1.89. The molecule has 0 aliphatic carbocycles. The van der Waals surface area contributed by atoms with E-state index in [1.54, 1.807) is 0 Å². The van der Waals surface area contributed by atoms with Gasteiger partial charge in [-0.25, -0.2) is 9.59 Å². The Bertz CT molecular complexity index is 393. The molecule has 0 spiro atoms. The normalized spacial score (nSPS) is 11.7. The number of carbonyl (C=O) groups is 3. The maximum atomic E-state index is 11.6. The predicted octanol–water partition coefficient (Wildman–Crippen LogP) is 0.105. The molecule has 0 aliphatic heterocycles. The summed E-state index contributed by atoms with van der Waals surface area (Å²) in [5, 5.41) is 2.48. The molecule has 21 heavy (non-hydrogen) atoms. The molecule has 0 aromatic rings. The number of nitrogens with one attached hydrogen (secondary N) is 1. The van der Waals surface area contributed by atoms with Crippen LogP contribution >= 0.6 is 0 Å². The van der Waals surface area contributed by atoms with Gasteiger partial charge < -0.3 is 19.7 Å². The van der Waals surface area contributed by atoms with Crippen molar-refractivity contribution in [3.8, 4) is 0 Å². The van der Waals surface area contributed by atoms with Gasteiger partial charge in [-0.1, -0.05) is 6.58 Å². The fourth-order valence-corrected chi connectivity index (χ4v) is 1.19. The van der Waals surface area contributed by atoms with Crippen molar-refractivity contribution in [3.05, 3.63) is 12.2 Å². The third kappa shape index (κ3) is 9.61. The van der Waals surface area contributed by atoms with Crippen LogP contribution in [0.25, 0.3) is 0 Å². The van der Waals surface area contributed by atoms with Gasteiger partial charge in [0.15, 0.2) is 0 Å². The first-order chi connectivity index (χ1) is 9.73. The van der Waals surface area contributed by atoms with Gasteiger partial charge >= 0.3 is 11.9 Å². The molecule has 1 atom stereocenters. The Morgan fingerprint density at radius 2 is 1.81 bits per heavy atom. The summed E-state index contributed by atoms with van der Waals surface area (Å²) in [4.78, 5) is 36.1. The zero-order chi connectivity index (χ0) is 16.4. The highest BCUT2D eigenvalue weighted by molar-refractivity contribution is 5.87. The average Bonchev–Trinajstić information content (AvgIpc) is 2.37. The van der Waals surface area contributed by atoms with Crippen molar-refractivity contribution in [2.45, 2.75) is 26.3 Å². The van der Waals surface area contributed by atoms with Crippen LogP contribution in [0.15, 0.2) is 12.2 Å². The summed E-state index contributed by atoms with van der Waals surface area (Å²) < 4.78 is 9.78. The van der Waals surface area contributed by atoms with E-state index in [1.165, 1.54) is 13.8 Å². The highest BCUT2D eigenvalue weighted by Crippen LogP contribution is 1.95. The first-order valence-corrected chi connectivity index (χ1v) is 6.67. The molecular formula is C14H24N2O5. The van der Waals surface area contributed by atoms with Crippen LogP contribution in [-0.4, -0.2) is 62.6 Å². The van der Waals surface area contributed by atoms with Crippen molar-refractivity contribution < 1.29 is 23.9 Å². The second-order valence-corrected chi connectivity index (χ2v) is 4.93. The van der Waals surface area contributed by atoms with E-state index >= 15 is 0 Å². The lowest BCUT2D eigenvalue weighted by atomic mass is 10.3. The van der Waals surface area contributed by atoms with Crippen molar-refractivity contribution in [2.24, 2.45) is 0 Å². The summed E-state index contributed by atoms with van der Waals surface area (Å²) in [7, 11) is 3.73. The molecule has 0 aliphatic rings. The maximum absolute atomic E-state index is 11.6. The van der Waals surface area contributed by atoms with Crippen LogP contribution in [0, 0.1) is 0 Å². The highest BCUT2D eigenvalue weighted by Gasteiger charge is 2.17. The monoisotopic (exact) mass is 300 g/mol. The van der Waals surface area contributed by atoms with Crippen LogP contribution in [-0.2, 0) is 23.9 Å². The Balaban J connectivity index is 3.90. The van der Waals surface area contributed by atoms with Gasteiger partial charge in [-0.15, -0.1) is 0 Å². The van der Waals surface area contributed by atoms with Crippen LogP contribution in [0.4, 0.5) is 0 Å². The maximum Gasteiger partial charge on any atom is 0.333 e. The number of likely N-dealkylation sites (N-methyl/N-ethyl adjacent to an activating group) is 1. The summed E-state index contributed by atoms with van der Waals surface area (Å²) in [6, 6.07) is -0.739. The standard InChI is InChI=1S/C14H24N2O5/c1-10(2)13(18)20-8-6-12(17)15-11(3)14(19)21-9-7-16(4)5/h11H,1,6-9H2,2-5H3,(H,15,17). The van der Waals surface area contributed by atoms with E-state index in [1.807, 2.05) is 19.0 Å². The Morgan fingerprint density at radius 3 is 2.33 bits per heavy atom. The van der Waals surface area contributed by atoms with Gasteiger partial charge in [0, 0.05) is 12.1 Å². The Kier molecular flexibility index (Phi) is 9.03. The molecule has 0 fully saturated rings. The van der Waals surface area contributed by atoms with Gasteiger partial charge in [-0.05, 0) is 27.9 Å². The molecule has 0 saturated heterocycles. The van der Waals surface area contributed by atoms with Crippen molar-refractivity contribution >= 4 is 17.8 Å². The molecule has 7 heteroatoms. The van der Waals surface area contributed by atoms with Crippen molar-refractivity contribution in [2.75, 3.05) is 33.9 Å². The minimum absolute atomic E-state index is 0.0195. The van der Waals surface area contributed by atoms with Crippen LogP contribution in [0.1, 0.15) is 20.3 Å².